The average Bonchev–Trinajstić information content (AvgIpc) is 2.09. The highest BCUT2D eigenvalue weighted by molar-refractivity contribution is 5.76. The van der Waals surface area contributed by atoms with Gasteiger partial charge < -0.3 is 15.6 Å². The molecule has 0 saturated carbocycles. The third-order valence-electron chi connectivity index (χ3n) is 1.51. The zero-order valence-corrected chi connectivity index (χ0v) is 7.53. The first-order valence-electron chi connectivity index (χ1n) is 3.95. The second-order valence-corrected chi connectivity index (χ2v) is 2.79. The number of rotatable bonds is 2. The maximum Gasteiger partial charge on any atom is 0.340 e. The summed E-state index contributed by atoms with van der Waals surface area (Å²) in [5, 5.41) is 8.81. The minimum Gasteiger partial charge on any atom is -0.421 e. The molecular formula is C9H10FNO3. The van der Waals surface area contributed by atoms with E-state index in [4.69, 9.17) is 10.8 Å². The third kappa shape index (κ3) is 2.43. The molecule has 0 amide bonds. The fourth-order valence-corrected chi connectivity index (χ4v) is 0.794. The molecule has 4 nitrogen and oxygen atoms in total. The highest BCUT2D eigenvalue weighted by Crippen LogP contribution is 2.19. The number of ether oxygens (including phenoxy) is 1. The predicted octanol–water partition coefficient (Wildman–Crippen LogP) is 0.694. The first kappa shape index (κ1) is 10.5. The van der Waals surface area contributed by atoms with Crippen LogP contribution in [0.5, 0.6) is 5.75 Å². The van der Waals surface area contributed by atoms with Gasteiger partial charge in [0.25, 0.3) is 0 Å². The SMILES string of the molecule is CC(O)C(=O)Oc1ccc(N)cc1F. The standard InChI is InChI=1S/C9H10FNO3/c1-5(12)9(13)14-8-3-2-6(11)4-7(8)10/h2-5,12H,11H2,1H3. The van der Waals surface area contributed by atoms with Crippen molar-refractivity contribution in [3.8, 4) is 5.75 Å². The molecule has 0 aliphatic rings. The van der Waals surface area contributed by atoms with E-state index in [9.17, 15) is 9.18 Å². The molecule has 0 bridgehead atoms. The Labute approximate surface area is 80.1 Å². The minimum atomic E-state index is -1.29. The number of hydrogen-bond donors (Lipinski definition) is 2. The maximum absolute atomic E-state index is 13.0. The van der Waals surface area contributed by atoms with Gasteiger partial charge in [-0.05, 0) is 19.1 Å². The number of nitrogens with two attached hydrogens (primary N) is 1. The van der Waals surface area contributed by atoms with Crippen LogP contribution in [-0.2, 0) is 4.79 Å². The lowest BCUT2D eigenvalue weighted by molar-refractivity contribution is -0.142. The number of hydrogen-bond acceptors (Lipinski definition) is 4. The number of halogens is 1. The van der Waals surface area contributed by atoms with E-state index in [1.807, 2.05) is 0 Å². The molecule has 1 aromatic rings. The summed E-state index contributed by atoms with van der Waals surface area (Å²) in [6.07, 6.45) is -1.29. The smallest absolute Gasteiger partial charge is 0.340 e. The molecule has 1 aromatic carbocycles. The summed E-state index contributed by atoms with van der Waals surface area (Å²) >= 11 is 0. The van der Waals surface area contributed by atoms with Crippen molar-refractivity contribution in [2.24, 2.45) is 0 Å². The van der Waals surface area contributed by atoms with E-state index in [1.54, 1.807) is 0 Å². The molecule has 0 aromatic heterocycles. The first-order valence-corrected chi connectivity index (χ1v) is 3.95. The van der Waals surface area contributed by atoms with Crippen molar-refractivity contribution in [1.82, 2.24) is 0 Å². The molecule has 0 radical (unpaired) electrons. The summed E-state index contributed by atoms with van der Waals surface area (Å²) in [7, 11) is 0. The van der Waals surface area contributed by atoms with E-state index in [2.05, 4.69) is 4.74 Å². The summed E-state index contributed by atoms with van der Waals surface area (Å²) < 4.78 is 17.6. The van der Waals surface area contributed by atoms with Gasteiger partial charge in [-0.1, -0.05) is 0 Å². The van der Waals surface area contributed by atoms with Crippen LogP contribution in [0.3, 0.4) is 0 Å². The van der Waals surface area contributed by atoms with Gasteiger partial charge in [0.2, 0.25) is 0 Å². The Morgan fingerprint density at radius 2 is 2.29 bits per heavy atom. The Morgan fingerprint density at radius 3 is 2.79 bits per heavy atom. The second-order valence-electron chi connectivity index (χ2n) is 2.79. The maximum atomic E-state index is 13.0. The van der Waals surface area contributed by atoms with Crippen LogP contribution in [0.25, 0.3) is 0 Å². The van der Waals surface area contributed by atoms with Crippen molar-refractivity contribution in [2.75, 3.05) is 5.73 Å². The fraction of sp³-hybridized carbons (Fsp3) is 0.222. The van der Waals surface area contributed by atoms with Gasteiger partial charge in [0.05, 0.1) is 0 Å². The molecule has 5 heteroatoms. The molecule has 3 N–H and O–H groups in total. The van der Waals surface area contributed by atoms with Crippen LogP contribution >= 0.6 is 0 Å². The highest BCUT2D eigenvalue weighted by atomic mass is 19.1. The van der Waals surface area contributed by atoms with E-state index in [0.717, 1.165) is 6.07 Å². The number of nitrogen functional groups attached to an aromatic ring is 1. The Balaban J connectivity index is 2.82. The molecule has 0 heterocycles. The van der Waals surface area contributed by atoms with Crippen LogP contribution in [0.1, 0.15) is 6.92 Å². The highest BCUT2D eigenvalue weighted by Gasteiger charge is 2.14. The lowest BCUT2D eigenvalue weighted by Gasteiger charge is -2.06. The van der Waals surface area contributed by atoms with Gasteiger partial charge in [-0.3, -0.25) is 0 Å². The molecule has 1 atom stereocenters. The number of anilines is 1. The lowest BCUT2D eigenvalue weighted by Crippen LogP contribution is -2.22. The van der Waals surface area contributed by atoms with Gasteiger partial charge >= 0.3 is 5.97 Å². The van der Waals surface area contributed by atoms with E-state index in [1.165, 1.54) is 19.1 Å². The Kier molecular flexibility index (Phi) is 3.03. The molecular weight excluding hydrogens is 189 g/mol. The zero-order valence-electron chi connectivity index (χ0n) is 7.53. The monoisotopic (exact) mass is 199 g/mol. The van der Waals surface area contributed by atoms with Gasteiger partial charge in [0, 0.05) is 11.8 Å². The van der Waals surface area contributed by atoms with Crippen LogP contribution in [0.4, 0.5) is 10.1 Å². The van der Waals surface area contributed by atoms with Crippen LogP contribution in [-0.4, -0.2) is 17.2 Å². The van der Waals surface area contributed by atoms with Crippen molar-refractivity contribution in [3.05, 3.63) is 24.0 Å². The third-order valence-corrected chi connectivity index (χ3v) is 1.51. The van der Waals surface area contributed by atoms with Crippen LogP contribution in [0, 0.1) is 5.82 Å². The minimum absolute atomic E-state index is 0.236. The molecule has 0 fully saturated rings. The summed E-state index contributed by atoms with van der Waals surface area (Å²) in [6, 6.07) is 3.66. The molecule has 1 rings (SSSR count). The predicted molar refractivity (Wildman–Crippen MR) is 48.1 cm³/mol. The largest absolute Gasteiger partial charge is 0.421 e. The number of aliphatic hydroxyl groups excluding tert-OH is 1. The fourth-order valence-electron chi connectivity index (χ4n) is 0.794. The van der Waals surface area contributed by atoms with Crippen molar-refractivity contribution in [2.45, 2.75) is 13.0 Å². The molecule has 0 aliphatic carbocycles. The zero-order chi connectivity index (χ0) is 10.7. The number of esters is 1. The molecule has 1 unspecified atom stereocenters. The van der Waals surface area contributed by atoms with Crippen molar-refractivity contribution < 1.29 is 19.0 Å². The molecule has 76 valence electrons. The number of benzene rings is 1. The average molecular weight is 199 g/mol. The quantitative estimate of drug-likeness (QED) is 0.417. The second kappa shape index (κ2) is 4.06. The van der Waals surface area contributed by atoms with E-state index >= 15 is 0 Å². The van der Waals surface area contributed by atoms with Crippen LogP contribution in [0.2, 0.25) is 0 Å². The summed E-state index contributed by atoms with van der Waals surface area (Å²) in [6.45, 7) is 1.23. The lowest BCUT2D eigenvalue weighted by atomic mass is 10.3. The number of carbonyl (C=O) groups excluding carboxylic acids is 1. The number of carbonyl (C=O) groups is 1. The summed E-state index contributed by atoms with van der Waals surface area (Å²) in [5.41, 5.74) is 5.52. The molecule has 0 aliphatic heterocycles. The van der Waals surface area contributed by atoms with Crippen molar-refractivity contribution in [1.29, 1.82) is 0 Å². The summed E-state index contributed by atoms with van der Waals surface area (Å²) in [5.74, 6) is -1.89. The number of aliphatic hydroxyl groups is 1. The van der Waals surface area contributed by atoms with Crippen LogP contribution < -0.4 is 10.5 Å². The Morgan fingerprint density at radius 1 is 1.64 bits per heavy atom. The summed E-state index contributed by atoms with van der Waals surface area (Å²) in [4.78, 5) is 10.9. The molecule has 0 saturated heterocycles. The van der Waals surface area contributed by atoms with Gasteiger partial charge in [-0.25, -0.2) is 9.18 Å². The van der Waals surface area contributed by atoms with Gasteiger partial charge in [-0.15, -0.1) is 0 Å². The van der Waals surface area contributed by atoms with Crippen LogP contribution in [0.15, 0.2) is 18.2 Å². The van der Waals surface area contributed by atoms with E-state index in [0.29, 0.717) is 0 Å². The van der Waals surface area contributed by atoms with E-state index < -0.39 is 17.9 Å². The topological polar surface area (TPSA) is 72.5 Å². The normalized spacial score (nSPS) is 12.2. The molecule has 0 spiro atoms. The Hall–Kier alpha value is -1.62. The van der Waals surface area contributed by atoms with Gasteiger partial charge in [0.1, 0.15) is 6.10 Å². The molecule has 14 heavy (non-hydrogen) atoms. The first-order chi connectivity index (χ1) is 6.50. The van der Waals surface area contributed by atoms with Gasteiger partial charge in [0.15, 0.2) is 11.6 Å². The van der Waals surface area contributed by atoms with Crippen molar-refractivity contribution in [3.63, 3.8) is 0 Å². The van der Waals surface area contributed by atoms with Crippen molar-refractivity contribution >= 4 is 11.7 Å². The Bertz CT molecular complexity index is 352. The van der Waals surface area contributed by atoms with E-state index in [-0.39, 0.29) is 11.4 Å². The van der Waals surface area contributed by atoms with Gasteiger partial charge in [-0.2, -0.15) is 0 Å².